The first kappa shape index (κ1) is 22.5. The van der Waals surface area contributed by atoms with Crippen LogP contribution >= 0.6 is 0 Å². The summed E-state index contributed by atoms with van der Waals surface area (Å²) in [5.41, 5.74) is 5.50. The first-order valence-electron chi connectivity index (χ1n) is 11.2. The molecule has 0 aliphatic carbocycles. The van der Waals surface area contributed by atoms with Gasteiger partial charge in [0, 0.05) is 42.0 Å². The molecule has 4 nitrogen and oxygen atoms in total. The van der Waals surface area contributed by atoms with E-state index >= 15 is 0 Å². The van der Waals surface area contributed by atoms with Gasteiger partial charge in [0.2, 0.25) is 0 Å². The molecular formula is C25H36FN3O. The second-order valence-corrected chi connectivity index (χ2v) is 9.08. The van der Waals surface area contributed by atoms with E-state index in [9.17, 15) is 9.18 Å². The summed E-state index contributed by atoms with van der Waals surface area (Å²) in [5, 5.41) is 3.50. The predicted molar refractivity (Wildman–Crippen MR) is 123 cm³/mol. The van der Waals surface area contributed by atoms with Crippen LogP contribution in [0.15, 0.2) is 23.0 Å². The molecule has 0 spiro atoms. The number of nitrogens with zero attached hydrogens (tertiary/aromatic N) is 1. The third kappa shape index (κ3) is 4.77. The Balaban J connectivity index is 2.03. The molecule has 1 aromatic heterocycles. The molecule has 30 heavy (non-hydrogen) atoms. The Morgan fingerprint density at radius 2 is 1.97 bits per heavy atom. The third-order valence-electron chi connectivity index (χ3n) is 6.43. The van der Waals surface area contributed by atoms with Crippen molar-refractivity contribution in [3.05, 3.63) is 62.3 Å². The summed E-state index contributed by atoms with van der Waals surface area (Å²) in [6.07, 6.45) is 2.55. The molecule has 1 aliphatic heterocycles. The van der Waals surface area contributed by atoms with Crippen molar-refractivity contribution >= 4 is 5.69 Å². The van der Waals surface area contributed by atoms with Crippen LogP contribution < -0.4 is 15.8 Å². The van der Waals surface area contributed by atoms with Gasteiger partial charge in [-0.25, -0.2) is 4.39 Å². The first-order valence-corrected chi connectivity index (χ1v) is 11.2. The molecule has 2 N–H and O–H groups in total. The lowest BCUT2D eigenvalue weighted by Crippen LogP contribution is -2.47. The fourth-order valence-electron chi connectivity index (χ4n) is 4.85. The molecule has 0 bridgehead atoms. The van der Waals surface area contributed by atoms with Crippen molar-refractivity contribution in [3.8, 4) is 0 Å². The third-order valence-corrected chi connectivity index (χ3v) is 6.43. The van der Waals surface area contributed by atoms with Crippen LogP contribution in [0.1, 0.15) is 74.4 Å². The van der Waals surface area contributed by atoms with Crippen molar-refractivity contribution in [2.75, 3.05) is 18.0 Å². The van der Waals surface area contributed by atoms with E-state index in [-0.39, 0.29) is 17.3 Å². The fraction of sp³-hybridized carbons (Fsp3) is 0.560. The van der Waals surface area contributed by atoms with Gasteiger partial charge in [-0.3, -0.25) is 4.79 Å². The van der Waals surface area contributed by atoms with Gasteiger partial charge in [0.1, 0.15) is 5.82 Å². The number of pyridine rings is 1. The number of halogens is 1. The molecular weight excluding hydrogens is 377 g/mol. The number of H-pyrrole nitrogens is 1. The van der Waals surface area contributed by atoms with E-state index < -0.39 is 0 Å². The molecule has 0 amide bonds. The van der Waals surface area contributed by atoms with Crippen molar-refractivity contribution < 1.29 is 4.39 Å². The lowest BCUT2D eigenvalue weighted by molar-refractivity contribution is 0.365. The highest BCUT2D eigenvalue weighted by Crippen LogP contribution is 2.31. The van der Waals surface area contributed by atoms with Crippen molar-refractivity contribution in [2.24, 2.45) is 0 Å². The van der Waals surface area contributed by atoms with Crippen LogP contribution in [-0.4, -0.2) is 30.2 Å². The number of hydrogen-bond acceptors (Lipinski definition) is 3. The number of aryl methyl sites for hydroxylation is 1. The van der Waals surface area contributed by atoms with Crippen molar-refractivity contribution in [2.45, 2.75) is 78.8 Å². The van der Waals surface area contributed by atoms with Gasteiger partial charge in [0.05, 0.1) is 0 Å². The smallest absolute Gasteiger partial charge is 0.251 e. The normalized spacial score (nSPS) is 19.3. The minimum absolute atomic E-state index is 0.0663. The number of piperidine rings is 1. The first-order chi connectivity index (χ1) is 14.2. The summed E-state index contributed by atoms with van der Waals surface area (Å²) in [6.45, 7) is 14.3. The molecule has 0 radical (unpaired) electrons. The van der Waals surface area contributed by atoms with E-state index in [2.05, 4.69) is 49.8 Å². The lowest BCUT2D eigenvalue weighted by Gasteiger charge is -2.39. The standard InChI is InChI=1S/C25H36FN3O/c1-7-29(21-8-9-27-16(4)10-21)24-14-20(26)12-19(18(24)6)13-23-22(15(2)3)11-17(5)28-25(23)30/h11-12,14-16,21,27H,7-10,13H2,1-6H3,(H,28,30). The topological polar surface area (TPSA) is 48.1 Å². The van der Waals surface area contributed by atoms with Crippen LogP contribution in [0.3, 0.4) is 0 Å². The second-order valence-electron chi connectivity index (χ2n) is 9.08. The van der Waals surface area contributed by atoms with E-state index in [1.807, 2.05) is 13.0 Å². The van der Waals surface area contributed by atoms with Gasteiger partial charge < -0.3 is 15.2 Å². The summed E-state index contributed by atoms with van der Waals surface area (Å²) in [4.78, 5) is 18.0. The highest BCUT2D eigenvalue weighted by molar-refractivity contribution is 5.58. The molecule has 2 atom stereocenters. The number of aromatic nitrogens is 1. The Labute approximate surface area is 179 Å². The van der Waals surface area contributed by atoms with Gasteiger partial charge in [-0.15, -0.1) is 0 Å². The SMILES string of the molecule is CCN(c1cc(F)cc(Cc2c(C(C)C)cc(C)[nH]c2=O)c1C)C1CCNC(C)C1. The zero-order valence-corrected chi connectivity index (χ0v) is 19.2. The molecule has 164 valence electrons. The Morgan fingerprint density at radius 1 is 1.23 bits per heavy atom. The van der Waals surface area contributed by atoms with E-state index in [1.165, 1.54) is 0 Å². The maximum atomic E-state index is 14.7. The number of benzene rings is 1. The Morgan fingerprint density at radius 3 is 2.60 bits per heavy atom. The van der Waals surface area contributed by atoms with Crippen molar-refractivity contribution in [1.29, 1.82) is 0 Å². The minimum Gasteiger partial charge on any atom is -0.368 e. The Hall–Kier alpha value is -2.14. The summed E-state index contributed by atoms with van der Waals surface area (Å²) in [6, 6.07) is 6.17. The molecule has 1 fully saturated rings. The zero-order valence-electron chi connectivity index (χ0n) is 19.2. The van der Waals surface area contributed by atoms with Crippen LogP contribution in [0.4, 0.5) is 10.1 Å². The molecule has 2 heterocycles. The minimum atomic E-state index is -0.235. The molecule has 2 aromatic rings. The molecule has 3 rings (SSSR count). The number of hydrogen-bond donors (Lipinski definition) is 2. The lowest BCUT2D eigenvalue weighted by atomic mass is 9.91. The number of nitrogens with one attached hydrogen (secondary N) is 2. The maximum absolute atomic E-state index is 14.7. The average Bonchev–Trinajstić information content (AvgIpc) is 2.67. The number of anilines is 1. The Kier molecular flexibility index (Phi) is 7.02. The second kappa shape index (κ2) is 9.34. The van der Waals surface area contributed by atoms with Crippen LogP contribution in [-0.2, 0) is 6.42 Å². The largest absolute Gasteiger partial charge is 0.368 e. The highest BCUT2D eigenvalue weighted by atomic mass is 19.1. The Bertz CT molecular complexity index is 950. The number of rotatable bonds is 6. The van der Waals surface area contributed by atoms with Crippen LogP contribution in [0, 0.1) is 19.7 Å². The monoisotopic (exact) mass is 413 g/mol. The van der Waals surface area contributed by atoms with Crippen LogP contribution in [0.25, 0.3) is 0 Å². The highest BCUT2D eigenvalue weighted by Gasteiger charge is 2.26. The van der Waals surface area contributed by atoms with E-state index in [1.54, 1.807) is 12.1 Å². The zero-order chi connectivity index (χ0) is 22.0. The maximum Gasteiger partial charge on any atom is 0.251 e. The van der Waals surface area contributed by atoms with Crippen LogP contribution in [0.5, 0.6) is 0 Å². The summed E-state index contributed by atoms with van der Waals surface area (Å²) in [5.74, 6) is -0.00151. The molecule has 5 heteroatoms. The summed E-state index contributed by atoms with van der Waals surface area (Å²) >= 11 is 0. The van der Waals surface area contributed by atoms with Gasteiger partial charge in [-0.1, -0.05) is 13.8 Å². The van der Waals surface area contributed by atoms with Gasteiger partial charge in [-0.2, -0.15) is 0 Å². The number of aromatic amines is 1. The van der Waals surface area contributed by atoms with E-state index in [4.69, 9.17) is 0 Å². The molecule has 0 saturated carbocycles. The molecule has 1 aliphatic rings. The summed E-state index contributed by atoms with van der Waals surface area (Å²) in [7, 11) is 0. The average molecular weight is 414 g/mol. The molecule has 1 saturated heterocycles. The van der Waals surface area contributed by atoms with Gasteiger partial charge >= 0.3 is 0 Å². The van der Waals surface area contributed by atoms with Gasteiger partial charge in [0.25, 0.3) is 5.56 Å². The van der Waals surface area contributed by atoms with Gasteiger partial charge in [0.15, 0.2) is 0 Å². The molecule has 1 aromatic carbocycles. The van der Waals surface area contributed by atoms with Crippen molar-refractivity contribution in [1.82, 2.24) is 10.3 Å². The van der Waals surface area contributed by atoms with Crippen LogP contribution in [0.2, 0.25) is 0 Å². The quantitative estimate of drug-likeness (QED) is 0.714. The summed E-state index contributed by atoms with van der Waals surface area (Å²) < 4.78 is 14.7. The van der Waals surface area contributed by atoms with Gasteiger partial charge in [-0.05, 0) is 87.9 Å². The fourth-order valence-corrected chi connectivity index (χ4v) is 4.85. The van der Waals surface area contributed by atoms with Crippen molar-refractivity contribution in [3.63, 3.8) is 0 Å². The predicted octanol–water partition coefficient (Wildman–Crippen LogP) is 4.81. The van der Waals surface area contributed by atoms with E-state index in [0.717, 1.165) is 59.6 Å². The van der Waals surface area contributed by atoms with E-state index in [0.29, 0.717) is 18.5 Å². The molecule has 2 unspecified atom stereocenters.